The number of phosphoric acid groups is 3. The van der Waals surface area contributed by atoms with E-state index in [-0.39, 0.29) is 68.3 Å². The van der Waals surface area contributed by atoms with E-state index < -0.39 is 58.6 Å². The number of ether oxygens (including phenoxy) is 2. The highest BCUT2D eigenvalue weighted by molar-refractivity contribution is 8.76. The van der Waals surface area contributed by atoms with E-state index in [9.17, 15) is 43.0 Å². The zero-order chi connectivity index (χ0) is 70.2. The first kappa shape index (κ1) is 81.1. The molecule has 3 unspecified atom stereocenters. The number of nitrogen functional groups attached to an aromatic ring is 1. The number of nitrogens with two attached hydrogens (primary N) is 1. The average Bonchev–Trinajstić information content (AvgIpc) is 1.62. The number of aromatic amines is 1. The number of para-hydroxylation sites is 1. The topological polar surface area (TPSA) is 370 Å². The number of unbranched alkanes of at least 4 members (excludes halogenated alkanes) is 5. The van der Waals surface area contributed by atoms with E-state index in [4.69, 9.17) is 42.1 Å². The summed E-state index contributed by atoms with van der Waals surface area (Å²) in [5.74, 6) is 7.53. The molecule has 5 heterocycles. The van der Waals surface area contributed by atoms with Crippen molar-refractivity contribution in [3.05, 3.63) is 117 Å². The van der Waals surface area contributed by atoms with Crippen molar-refractivity contribution in [3.63, 3.8) is 0 Å². The fraction of sp³-hybridized carbons (Fsp3) is 0.532. The largest absolute Gasteiger partial charge is 0.846 e. The van der Waals surface area contributed by atoms with Crippen LogP contribution in [-0.2, 0) is 88.0 Å². The second-order valence-electron chi connectivity index (χ2n) is 23.5. The lowest BCUT2D eigenvalue weighted by molar-refractivity contribution is -0.438. The number of carbonyl (C=O) groups excluding carboxylic acids is 2. The summed E-state index contributed by atoms with van der Waals surface area (Å²) in [5.41, 5.74) is 14.7. The van der Waals surface area contributed by atoms with Gasteiger partial charge in [-0.1, -0.05) is 125 Å². The van der Waals surface area contributed by atoms with Gasteiger partial charge < -0.3 is 49.4 Å². The molecule has 0 spiro atoms. The van der Waals surface area contributed by atoms with Crippen LogP contribution in [-0.4, -0.2) is 125 Å². The number of nitrogens with zero attached hydrogens (tertiary/aromatic N) is 4. The fourth-order valence-electron chi connectivity index (χ4n) is 11.1. The van der Waals surface area contributed by atoms with Crippen LogP contribution in [0.2, 0.25) is 0 Å². The molecule has 0 bridgehead atoms. The lowest BCUT2D eigenvalue weighted by Crippen LogP contribution is -2.28. The Morgan fingerprint density at radius 1 is 0.895 bits per heavy atom. The Kier molecular flexibility index (Phi) is 33.0. The summed E-state index contributed by atoms with van der Waals surface area (Å²) in [5, 5.41) is 9.67. The predicted molar refractivity (Wildman–Crippen MR) is 374 cm³/mol. The summed E-state index contributed by atoms with van der Waals surface area (Å²) < 4.78 is 88.0. The number of nitrogens with one attached hydrogen (secondary N) is 1. The first-order valence-electron chi connectivity index (χ1n) is 30.8. The third kappa shape index (κ3) is 26.2. The molecule has 25 nitrogen and oxygen atoms in total. The van der Waals surface area contributed by atoms with Crippen molar-refractivity contribution in [2.75, 3.05) is 60.8 Å². The standard InChI is InChI=1S/C60H81N6O15P3S2.C2H5OS2.O3S/c1-7-64-50-29-19-18-28-48(50)59(3,4)52(64)30-14-10-15-31-53-60(5,6)49-39-43(2)32-34-51(49)65(53)36-20-11-13-25-46(68)27-22-38-85-86-42-77-37-21-9-8-12-24-45(67)26-17-16-23-44-40-66(56-55(44)57(69)63-58(61)62-56)54-35-33-47(79-54)41-78-83(73,74)81-84(75,76)80-82(70,71)72;1-5(4)2-3;1-4(2)3/h10,14-15,18-19,28-32,34,39-40,47,54H,7-9,11-13,17,20-22,24-27,33,35-38,41-42H2,1-6H3,(H6-,61,62,63,69,70,71,72,73,74,75,76);2H2,1H3;/q;-1;/p+1/t47-,54+;;/m0../s1. The van der Waals surface area contributed by atoms with Gasteiger partial charge in [0, 0.05) is 98.1 Å². The van der Waals surface area contributed by atoms with Gasteiger partial charge >= 0.3 is 34.1 Å². The van der Waals surface area contributed by atoms with Gasteiger partial charge in [0.25, 0.3) is 5.56 Å². The number of allylic oxidation sites excluding steroid dienone is 6. The summed E-state index contributed by atoms with van der Waals surface area (Å²) >= 11 is 4.50. The molecular weight excluding hydrogens is 1390 g/mol. The molecule has 524 valence electrons. The number of carbonyl (C=O) groups is 2. The molecule has 95 heavy (non-hydrogen) atoms. The van der Waals surface area contributed by atoms with Gasteiger partial charge in [-0.3, -0.25) is 23.9 Å². The van der Waals surface area contributed by atoms with E-state index in [1.807, 2.05) is 0 Å². The number of rotatable bonds is 35. The molecule has 5 atom stereocenters. The Hall–Kier alpha value is -4.57. The monoisotopic (exact) mass is 1470 g/mol. The number of ketones is 2. The third-order valence-electron chi connectivity index (χ3n) is 15.5. The SMILES string of the molecule is CCN1\C(=C/C=C/C=C/C2=[N+](CCCCCC(=O)CCCSSCOCCCCCCC(=O)CCC#Cc3cn([C@H]4CC[C@@H](COP(=O)(O)OP(=O)(O)OP(=O)(O)O)O4)c4nc(N)[nH]c(=O)c34)c3ccc(C)cc3C2(C)C)C(C)(C)c2ccccc21.CS(=S)C[O-].O=S(=O)=O. The molecule has 7 rings (SSSR count). The van der Waals surface area contributed by atoms with Crippen molar-refractivity contribution >= 4 is 122 Å². The molecule has 2 aromatic carbocycles. The van der Waals surface area contributed by atoms with Crippen LogP contribution in [0.5, 0.6) is 0 Å². The maximum absolute atomic E-state index is 13.0. The minimum Gasteiger partial charge on any atom is -0.846 e. The molecular formula is C62H87N6O19P3S5. The van der Waals surface area contributed by atoms with E-state index in [1.54, 1.807) is 34.0 Å². The lowest BCUT2D eigenvalue weighted by atomic mass is 9.81. The van der Waals surface area contributed by atoms with Crippen molar-refractivity contribution in [1.29, 1.82) is 0 Å². The molecule has 4 aromatic rings. The number of phosphoric ester groups is 1. The number of aromatic nitrogens is 3. The smallest absolute Gasteiger partial charge is 0.490 e. The van der Waals surface area contributed by atoms with Crippen molar-refractivity contribution in [3.8, 4) is 11.8 Å². The van der Waals surface area contributed by atoms with Crippen molar-refractivity contribution < 1.29 is 87.8 Å². The summed E-state index contributed by atoms with van der Waals surface area (Å²) in [4.78, 5) is 84.3. The molecule has 3 aliphatic heterocycles. The van der Waals surface area contributed by atoms with E-state index in [2.05, 4.69) is 165 Å². The van der Waals surface area contributed by atoms with E-state index >= 15 is 0 Å². The maximum atomic E-state index is 13.0. The van der Waals surface area contributed by atoms with E-state index in [0.717, 1.165) is 70.2 Å². The van der Waals surface area contributed by atoms with Crippen LogP contribution >= 0.6 is 45.1 Å². The van der Waals surface area contributed by atoms with Gasteiger partial charge in [-0.25, -0.2) is 13.7 Å². The van der Waals surface area contributed by atoms with Crippen LogP contribution in [0, 0.1) is 18.8 Å². The first-order valence-corrected chi connectivity index (χ1v) is 41.6. The molecule has 0 aliphatic carbocycles. The zero-order valence-corrected chi connectivity index (χ0v) is 61.1. The molecule has 1 saturated heterocycles. The van der Waals surface area contributed by atoms with Gasteiger partial charge in [0.1, 0.15) is 30.3 Å². The summed E-state index contributed by atoms with van der Waals surface area (Å²) in [6.07, 6.45) is 22.6. The Morgan fingerprint density at radius 3 is 2.24 bits per heavy atom. The second-order valence-corrected chi connectivity index (χ2v) is 33.9. The highest BCUT2D eigenvalue weighted by Gasteiger charge is 2.45. The molecule has 33 heteroatoms. The first-order chi connectivity index (χ1) is 44.8. The van der Waals surface area contributed by atoms with Gasteiger partial charge in [0.15, 0.2) is 11.4 Å². The number of hydrogen-bond donors (Lipinski definition) is 6. The fourth-order valence-corrected chi connectivity index (χ4v) is 15.9. The molecule has 3 aliphatic rings. The highest BCUT2D eigenvalue weighted by atomic mass is 33.1. The van der Waals surface area contributed by atoms with E-state index in [0.29, 0.717) is 49.6 Å². The summed E-state index contributed by atoms with van der Waals surface area (Å²) in [6.45, 7) is 15.4. The quantitative estimate of drug-likeness (QED) is 0.00474. The van der Waals surface area contributed by atoms with Gasteiger partial charge in [-0.05, 0) is 103 Å². The van der Waals surface area contributed by atoms with Crippen LogP contribution in [0.4, 0.5) is 17.3 Å². The third-order valence-corrected chi connectivity index (χ3v) is 22.1. The highest BCUT2D eigenvalue weighted by Crippen LogP contribution is 2.66. The van der Waals surface area contributed by atoms with E-state index in [1.165, 1.54) is 44.0 Å². The Labute approximate surface area is 571 Å². The van der Waals surface area contributed by atoms with Crippen molar-refractivity contribution in [2.24, 2.45) is 0 Å². The Bertz CT molecular complexity index is 3850. The normalized spacial score (nSPS) is 18.4. The van der Waals surface area contributed by atoms with Crippen molar-refractivity contribution in [2.45, 2.75) is 161 Å². The Morgan fingerprint density at radius 2 is 1.56 bits per heavy atom. The number of anilines is 2. The predicted octanol–water partition coefficient (Wildman–Crippen LogP) is 10.5. The van der Waals surface area contributed by atoms with Gasteiger partial charge in [0.05, 0.1) is 29.1 Å². The lowest BCUT2D eigenvalue weighted by Gasteiger charge is -2.25. The maximum Gasteiger partial charge on any atom is 0.490 e. The average molecular weight is 1470 g/mol. The molecule has 2 aromatic heterocycles. The number of benzene rings is 2. The zero-order valence-electron chi connectivity index (χ0n) is 54.4. The van der Waals surface area contributed by atoms with Gasteiger partial charge in [0.2, 0.25) is 11.6 Å². The number of fused-ring (bicyclic) bond motifs is 3. The summed E-state index contributed by atoms with van der Waals surface area (Å²) in [6, 6.07) is 15.5. The molecule has 1 fully saturated rings. The molecule has 7 N–H and O–H groups in total. The van der Waals surface area contributed by atoms with Gasteiger partial charge in [-0.15, -0.1) is 22.1 Å². The van der Waals surface area contributed by atoms with Crippen LogP contribution in [0.15, 0.2) is 89.5 Å². The Balaban J connectivity index is 0.00000170. The minimum absolute atomic E-state index is 0.0664. The second kappa shape index (κ2) is 38.7. The van der Waals surface area contributed by atoms with Crippen LogP contribution < -0.4 is 21.3 Å². The molecule has 0 saturated carbocycles. The minimum atomic E-state index is -5.69. The summed E-state index contributed by atoms with van der Waals surface area (Å²) in [7, 11) is -16.6. The van der Waals surface area contributed by atoms with Crippen LogP contribution in [0.1, 0.15) is 159 Å². The van der Waals surface area contributed by atoms with Crippen LogP contribution in [0.3, 0.4) is 0 Å². The number of aryl methyl sites for hydroxylation is 1. The number of likely N-dealkylation sites (N-methyl/N-ethyl adjacent to an activating group) is 1. The van der Waals surface area contributed by atoms with Crippen molar-refractivity contribution in [1.82, 2.24) is 14.5 Å². The number of Topliss-reactive ketones (excluding diaryl/α,β-unsaturated/α-hetero) is 2. The number of H-pyrrole nitrogens is 1. The van der Waals surface area contributed by atoms with Gasteiger partial charge in [-0.2, -0.15) is 18.2 Å². The molecule has 0 radical (unpaired) electrons. The number of hydrogen-bond acceptors (Lipinski definition) is 21. The van der Waals surface area contributed by atoms with Crippen LogP contribution in [0.25, 0.3) is 11.0 Å². The molecule has 0 amide bonds.